The van der Waals surface area contributed by atoms with E-state index in [1.54, 1.807) is 14.4 Å². The Bertz CT molecular complexity index is 1500. The van der Waals surface area contributed by atoms with Crippen LogP contribution in [-0.2, 0) is 21.3 Å². The number of fused-ring (bicyclic) bond motifs is 3. The fourth-order valence-electron chi connectivity index (χ4n) is 6.83. The van der Waals surface area contributed by atoms with Crippen LogP contribution in [0.15, 0.2) is 131 Å². The first-order chi connectivity index (χ1) is 17.9. The minimum absolute atomic E-state index is 0. The largest absolute Gasteiger partial charge is 1.00 e. The number of halogens is 2. The number of hydrogen-bond acceptors (Lipinski definition) is 0. The molecule has 0 unspecified atom stereocenters. The van der Waals surface area contributed by atoms with Gasteiger partial charge < -0.3 is 24.8 Å². The Kier molecular flexibility index (Phi) is 8.87. The number of benzene rings is 4. The van der Waals surface area contributed by atoms with Crippen LogP contribution in [-0.4, -0.2) is 3.21 Å². The average molecular weight is 629 g/mol. The Morgan fingerprint density at radius 1 is 0.538 bits per heavy atom. The van der Waals surface area contributed by atoms with Crippen molar-refractivity contribution in [3.8, 4) is 11.1 Å². The topological polar surface area (TPSA) is 0 Å². The van der Waals surface area contributed by atoms with E-state index < -0.39 is 21.3 Å². The Morgan fingerprint density at radius 3 is 1.31 bits per heavy atom. The summed E-state index contributed by atoms with van der Waals surface area (Å²) < 4.78 is 2.15. The molecule has 2 aliphatic carbocycles. The van der Waals surface area contributed by atoms with Crippen molar-refractivity contribution < 1.29 is 46.1 Å². The molecule has 0 amide bonds. The van der Waals surface area contributed by atoms with Gasteiger partial charge in [0, 0.05) is 0 Å². The van der Waals surface area contributed by atoms with Gasteiger partial charge in [0.2, 0.25) is 0 Å². The van der Waals surface area contributed by atoms with Gasteiger partial charge in [-0.1, -0.05) is 0 Å². The van der Waals surface area contributed by atoms with Gasteiger partial charge in [0.25, 0.3) is 0 Å². The SMILES string of the molecule is CC1=C(C)[C](C)([Zr+2](=[C](c2ccccc2)c2ccccc2)[CH]2c3ccccc3-c3ccccc32)C(C)=C1C.[Cl-].[Cl-]. The van der Waals surface area contributed by atoms with Crippen LogP contribution in [0.5, 0.6) is 0 Å². The smallest absolute Gasteiger partial charge is 1.00 e. The van der Waals surface area contributed by atoms with Crippen LogP contribution in [0.3, 0.4) is 0 Å². The summed E-state index contributed by atoms with van der Waals surface area (Å²) in [6, 6.07) is 41.0. The van der Waals surface area contributed by atoms with E-state index >= 15 is 0 Å². The van der Waals surface area contributed by atoms with Crippen LogP contribution in [0.1, 0.15) is 60.5 Å². The maximum absolute atomic E-state index is 2.76. The molecule has 0 spiro atoms. The Balaban J connectivity index is 0.00000176. The zero-order valence-electron chi connectivity index (χ0n) is 23.2. The first kappa shape index (κ1) is 29.7. The van der Waals surface area contributed by atoms with Crippen molar-refractivity contribution in [2.75, 3.05) is 0 Å². The predicted octanol–water partition coefficient (Wildman–Crippen LogP) is 3.52. The molecule has 2 aliphatic rings. The molecule has 196 valence electrons. The van der Waals surface area contributed by atoms with Gasteiger partial charge in [-0.05, 0) is 0 Å². The Labute approximate surface area is 253 Å². The maximum atomic E-state index is 2.60. The van der Waals surface area contributed by atoms with E-state index in [1.807, 2.05) is 0 Å². The van der Waals surface area contributed by atoms with E-state index in [9.17, 15) is 0 Å². The quantitative estimate of drug-likeness (QED) is 0.325. The minimum atomic E-state index is -2.76. The minimum Gasteiger partial charge on any atom is -1.00 e. The molecule has 0 fully saturated rings. The molecular weight excluding hydrogens is 595 g/mol. The summed E-state index contributed by atoms with van der Waals surface area (Å²) in [7, 11) is 0. The average Bonchev–Trinajstić information content (AvgIpc) is 3.35. The normalized spacial score (nSPS) is 15.1. The first-order valence-corrected chi connectivity index (χ1v) is 17.2. The molecule has 6 rings (SSSR count). The molecule has 4 aromatic carbocycles. The van der Waals surface area contributed by atoms with Crippen molar-refractivity contribution in [1.82, 2.24) is 0 Å². The second-order valence-electron chi connectivity index (χ2n) is 10.8. The molecule has 0 heterocycles. The molecule has 39 heavy (non-hydrogen) atoms. The van der Waals surface area contributed by atoms with Gasteiger partial charge in [0.05, 0.1) is 0 Å². The van der Waals surface area contributed by atoms with Crippen LogP contribution in [0.2, 0.25) is 3.12 Å². The summed E-state index contributed by atoms with van der Waals surface area (Å²) in [5, 5.41) is 0. The van der Waals surface area contributed by atoms with Gasteiger partial charge in [-0.15, -0.1) is 0 Å². The van der Waals surface area contributed by atoms with Crippen LogP contribution in [0.25, 0.3) is 11.1 Å². The summed E-state index contributed by atoms with van der Waals surface area (Å²) in [4.78, 5) is 0. The van der Waals surface area contributed by atoms with Crippen molar-refractivity contribution in [3.05, 3.63) is 154 Å². The zero-order chi connectivity index (χ0) is 25.7. The van der Waals surface area contributed by atoms with Crippen LogP contribution in [0.4, 0.5) is 0 Å². The van der Waals surface area contributed by atoms with E-state index in [-0.39, 0.29) is 27.9 Å². The molecule has 0 N–H and O–H groups in total. The second kappa shape index (κ2) is 11.7. The van der Waals surface area contributed by atoms with Crippen molar-refractivity contribution in [3.63, 3.8) is 0 Å². The van der Waals surface area contributed by atoms with E-state index in [4.69, 9.17) is 0 Å². The van der Waals surface area contributed by atoms with Crippen LogP contribution >= 0.6 is 0 Å². The van der Waals surface area contributed by atoms with Gasteiger partial charge in [-0.25, -0.2) is 0 Å². The summed E-state index contributed by atoms with van der Waals surface area (Å²) >= 11 is -2.76. The molecule has 0 atom stereocenters. The zero-order valence-corrected chi connectivity index (χ0v) is 27.2. The number of rotatable bonds is 4. The third-order valence-electron chi connectivity index (χ3n) is 9.24. The van der Waals surface area contributed by atoms with Gasteiger partial charge in [-0.3, -0.25) is 0 Å². The van der Waals surface area contributed by atoms with Crippen molar-refractivity contribution in [1.29, 1.82) is 0 Å². The van der Waals surface area contributed by atoms with Crippen LogP contribution in [0, 0.1) is 0 Å². The fourth-order valence-corrected chi connectivity index (χ4v) is 18.2. The van der Waals surface area contributed by atoms with E-state index in [0.29, 0.717) is 3.63 Å². The number of hydrogen-bond donors (Lipinski definition) is 0. The van der Waals surface area contributed by atoms with E-state index in [2.05, 4.69) is 144 Å². The molecule has 0 nitrogen and oxygen atoms in total. The van der Waals surface area contributed by atoms with Crippen molar-refractivity contribution in [2.24, 2.45) is 0 Å². The molecule has 0 bridgehead atoms. The van der Waals surface area contributed by atoms with Gasteiger partial charge in [0.1, 0.15) is 0 Å². The molecule has 3 heteroatoms. The van der Waals surface area contributed by atoms with E-state index in [0.717, 1.165) is 0 Å². The second-order valence-corrected chi connectivity index (χ2v) is 17.9. The molecule has 0 aliphatic heterocycles. The first-order valence-electron chi connectivity index (χ1n) is 13.3. The Morgan fingerprint density at radius 2 is 0.897 bits per heavy atom. The van der Waals surface area contributed by atoms with Crippen molar-refractivity contribution >= 4 is 3.21 Å². The summed E-state index contributed by atoms with van der Waals surface area (Å²) in [5.41, 5.74) is 14.9. The van der Waals surface area contributed by atoms with E-state index in [1.165, 1.54) is 44.5 Å². The summed E-state index contributed by atoms with van der Waals surface area (Å²) in [6.07, 6.45) is 0. The fraction of sp³-hybridized carbons (Fsp3) is 0.194. The molecule has 0 saturated carbocycles. The Hall–Kier alpha value is -2.31. The summed E-state index contributed by atoms with van der Waals surface area (Å²) in [5.74, 6) is 0. The monoisotopic (exact) mass is 626 g/mol. The molecule has 4 aromatic rings. The van der Waals surface area contributed by atoms with Crippen LogP contribution < -0.4 is 24.8 Å². The third kappa shape index (κ3) is 4.62. The standard InChI is InChI=1S/C13H9.C13H10.C10H15.2ClH.Zr/c1-3-7-12-10(5-1)9-11-6-2-4-8-13(11)12;1-3-7-12(8-4-1)11-13-9-5-2-6-10-13;1-6-7(2)9(4)10(5)8(6)3;;;/h1-9H;1-10H;1-5H3;2*1H;/q;;;;;+2/p-2. The molecular formula is C36H34Cl2Zr. The molecule has 0 saturated heterocycles. The maximum Gasteiger partial charge on any atom is -1.00 e. The summed E-state index contributed by atoms with van der Waals surface area (Å²) in [6.45, 7) is 12.2. The third-order valence-corrected chi connectivity index (χ3v) is 19.4. The predicted molar refractivity (Wildman–Crippen MR) is 155 cm³/mol. The molecule has 0 radical (unpaired) electrons. The molecule has 0 aromatic heterocycles. The van der Waals surface area contributed by atoms with Gasteiger partial charge in [-0.2, -0.15) is 0 Å². The van der Waals surface area contributed by atoms with Crippen molar-refractivity contribution in [2.45, 2.75) is 41.4 Å². The number of allylic oxidation sites excluding steroid dienone is 4. The van der Waals surface area contributed by atoms with Gasteiger partial charge in [0.15, 0.2) is 0 Å². The van der Waals surface area contributed by atoms with Gasteiger partial charge >= 0.3 is 231 Å².